The van der Waals surface area contributed by atoms with Gasteiger partial charge < -0.3 is 14.8 Å². The predicted molar refractivity (Wildman–Crippen MR) is 74.2 cm³/mol. The van der Waals surface area contributed by atoms with Crippen LogP contribution in [0, 0.1) is 0 Å². The van der Waals surface area contributed by atoms with Gasteiger partial charge in [-0.3, -0.25) is 14.9 Å². The quantitative estimate of drug-likeness (QED) is 0.482. The van der Waals surface area contributed by atoms with Gasteiger partial charge in [0.15, 0.2) is 0 Å². The van der Waals surface area contributed by atoms with E-state index in [4.69, 9.17) is 16.3 Å². The number of amides is 2. The lowest BCUT2D eigenvalue weighted by atomic mass is 10.1. The van der Waals surface area contributed by atoms with E-state index in [0.29, 0.717) is 5.75 Å². The number of benzene rings is 1. The van der Waals surface area contributed by atoms with Crippen LogP contribution in [0.2, 0.25) is 5.02 Å². The first kappa shape index (κ1) is 14.9. The molecular weight excluding hydrogens is 300 g/mol. The zero-order valence-corrected chi connectivity index (χ0v) is 11.9. The summed E-state index contributed by atoms with van der Waals surface area (Å²) in [5, 5.41) is 5.07. The first-order valence-corrected chi connectivity index (χ1v) is 6.14. The second kappa shape index (κ2) is 5.84. The Morgan fingerprint density at radius 2 is 1.90 bits per heavy atom. The molecule has 2 amide bonds. The number of carbonyl (C=O) groups is 3. The molecule has 0 atom stereocenters. The monoisotopic (exact) mass is 310 g/mol. The van der Waals surface area contributed by atoms with E-state index >= 15 is 0 Å². The van der Waals surface area contributed by atoms with Gasteiger partial charge in [-0.05, 0) is 12.1 Å². The lowest BCUT2D eigenvalue weighted by Gasteiger charge is -2.10. The van der Waals surface area contributed by atoms with Crippen LogP contribution in [0.3, 0.4) is 0 Å². The zero-order chi connectivity index (χ0) is 15.6. The second-order valence-electron chi connectivity index (χ2n) is 4.02. The van der Waals surface area contributed by atoms with Crippen molar-refractivity contribution in [2.45, 2.75) is 0 Å². The molecule has 1 aliphatic rings. The number of nitrogens with one attached hydrogen (secondary N) is 2. The van der Waals surface area contributed by atoms with Gasteiger partial charge in [-0.1, -0.05) is 11.6 Å². The van der Waals surface area contributed by atoms with Crippen molar-refractivity contribution in [2.24, 2.45) is 0 Å². The van der Waals surface area contributed by atoms with Crippen molar-refractivity contribution < 1.29 is 23.9 Å². The second-order valence-corrected chi connectivity index (χ2v) is 4.43. The molecule has 0 aliphatic carbocycles. The summed E-state index contributed by atoms with van der Waals surface area (Å²) in [6, 6.07) is 2.83. The Labute approximate surface area is 124 Å². The van der Waals surface area contributed by atoms with Gasteiger partial charge in [0.2, 0.25) is 0 Å². The molecule has 0 radical (unpaired) electrons. The Kier molecular flexibility index (Phi) is 4.13. The minimum atomic E-state index is -0.753. The Morgan fingerprint density at radius 3 is 2.52 bits per heavy atom. The van der Waals surface area contributed by atoms with Gasteiger partial charge in [-0.15, -0.1) is 0 Å². The van der Waals surface area contributed by atoms with Crippen LogP contribution in [0.25, 0.3) is 0 Å². The third-order valence-electron chi connectivity index (χ3n) is 2.74. The van der Waals surface area contributed by atoms with Crippen molar-refractivity contribution in [3.8, 4) is 5.75 Å². The first-order chi connectivity index (χ1) is 9.96. The van der Waals surface area contributed by atoms with Gasteiger partial charge in [0.25, 0.3) is 11.8 Å². The van der Waals surface area contributed by atoms with E-state index in [1.54, 1.807) is 0 Å². The van der Waals surface area contributed by atoms with Crippen molar-refractivity contribution in [1.29, 1.82) is 0 Å². The maximum atomic E-state index is 12.0. The molecule has 1 aromatic rings. The molecule has 0 bridgehead atoms. The fraction of sp³-hybridized carbons (Fsp3) is 0.154. The molecular formula is C13H11ClN2O5. The lowest BCUT2D eigenvalue weighted by molar-refractivity contribution is -0.135. The highest BCUT2D eigenvalue weighted by atomic mass is 35.5. The summed E-state index contributed by atoms with van der Waals surface area (Å²) in [7, 11) is 2.58. The summed E-state index contributed by atoms with van der Waals surface area (Å²) in [6.45, 7) is 0. The summed E-state index contributed by atoms with van der Waals surface area (Å²) >= 11 is 5.99. The van der Waals surface area contributed by atoms with E-state index in [-0.39, 0.29) is 22.0 Å². The van der Waals surface area contributed by atoms with Gasteiger partial charge >= 0.3 is 5.97 Å². The molecule has 0 unspecified atom stereocenters. The molecule has 2 N–H and O–H groups in total. The number of imide groups is 1. The first-order valence-electron chi connectivity index (χ1n) is 5.76. The highest BCUT2D eigenvalue weighted by molar-refractivity contribution is 6.33. The van der Waals surface area contributed by atoms with Gasteiger partial charge in [-0.25, -0.2) is 4.79 Å². The van der Waals surface area contributed by atoms with Crippen LogP contribution in [0.1, 0.15) is 10.4 Å². The highest BCUT2D eigenvalue weighted by Crippen LogP contribution is 2.32. The van der Waals surface area contributed by atoms with E-state index in [1.165, 1.54) is 26.4 Å². The Morgan fingerprint density at radius 1 is 1.19 bits per heavy atom. The molecule has 8 heteroatoms. The van der Waals surface area contributed by atoms with Crippen LogP contribution in [0.5, 0.6) is 5.75 Å². The van der Waals surface area contributed by atoms with E-state index < -0.39 is 17.8 Å². The van der Waals surface area contributed by atoms with Crippen LogP contribution in [0.4, 0.5) is 5.69 Å². The van der Waals surface area contributed by atoms with Crippen LogP contribution in [-0.2, 0) is 14.3 Å². The Balaban J connectivity index is 2.52. The van der Waals surface area contributed by atoms with Gasteiger partial charge in [-0.2, -0.15) is 0 Å². The molecule has 0 aromatic heterocycles. The highest BCUT2D eigenvalue weighted by Gasteiger charge is 2.25. The average Bonchev–Trinajstić information content (AvgIpc) is 2.55. The molecule has 2 rings (SSSR count). The standard InChI is InChI=1S/C13H11ClN2O5/c1-20-10-3-6-8(4-7(10)14)15-9(5-11(17)21-2)13(19)16-12(6)18/h3-5,15H,1-2H3,(H,16,18,19)/b9-5+. The lowest BCUT2D eigenvalue weighted by Crippen LogP contribution is -2.30. The van der Waals surface area contributed by atoms with Crippen molar-refractivity contribution in [1.82, 2.24) is 5.32 Å². The minimum Gasteiger partial charge on any atom is -0.495 e. The van der Waals surface area contributed by atoms with Crippen LogP contribution >= 0.6 is 11.6 Å². The Bertz CT molecular complexity index is 669. The van der Waals surface area contributed by atoms with E-state index in [9.17, 15) is 14.4 Å². The maximum absolute atomic E-state index is 12.0. The third kappa shape index (κ3) is 2.97. The molecule has 1 aliphatic heterocycles. The normalized spacial score (nSPS) is 15.7. The van der Waals surface area contributed by atoms with E-state index in [0.717, 1.165) is 6.08 Å². The smallest absolute Gasteiger partial charge is 0.332 e. The van der Waals surface area contributed by atoms with Crippen molar-refractivity contribution >= 4 is 35.1 Å². The molecule has 0 saturated heterocycles. The summed E-state index contributed by atoms with van der Waals surface area (Å²) in [5.41, 5.74) is 0.312. The number of ether oxygens (including phenoxy) is 2. The summed E-state index contributed by atoms with van der Waals surface area (Å²) in [5.74, 6) is -1.83. The number of hydrogen-bond donors (Lipinski definition) is 2. The molecule has 1 heterocycles. The number of hydrogen-bond acceptors (Lipinski definition) is 6. The van der Waals surface area contributed by atoms with E-state index in [2.05, 4.69) is 15.4 Å². The van der Waals surface area contributed by atoms with Gasteiger partial charge in [0, 0.05) is 0 Å². The molecule has 0 saturated carbocycles. The molecule has 110 valence electrons. The van der Waals surface area contributed by atoms with Crippen LogP contribution in [-0.4, -0.2) is 32.0 Å². The van der Waals surface area contributed by atoms with Crippen molar-refractivity contribution in [2.75, 3.05) is 19.5 Å². The summed E-state index contributed by atoms with van der Waals surface area (Å²) in [6.07, 6.45) is 0.940. The molecule has 7 nitrogen and oxygen atoms in total. The summed E-state index contributed by atoms with van der Waals surface area (Å²) in [4.78, 5) is 35.1. The average molecular weight is 311 g/mol. The number of esters is 1. The molecule has 0 fully saturated rings. The topological polar surface area (TPSA) is 93.7 Å². The minimum absolute atomic E-state index is 0.129. The van der Waals surface area contributed by atoms with E-state index in [1.807, 2.05) is 0 Å². The molecule has 1 aromatic carbocycles. The Hall–Kier alpha value is -2.54. The largest absolute Gasteiger partial charge is 0.495 e. The number of fused-ring (bicyclic) bond motifs is 1. The van der Waals surface area contributed by atoms with Crippen LogP contribution < -0.4 is 15.4 Å². The summed E-state index contributed by atoms with van der Waals surface area (Å²) < 4.78 is 9.47. The van der Waals surface area contributed by atoms with Crippen molar-refractivity contribution in [3.05, 3.63) is 34.5 Å². The number of carbonyl (C=O) groups excluding carboxylic acids is 3. The maximum Gasteiger partial charge on any atom is 0.332 e. The number of anilines is 1. The molecule has 21 heavy (non-hydrogen) atoms. The molecule has 0 spiro atoms. The van der Waals surface area contributed by atoms with Crippen LogP contribution in [0.15, 0.2) is 23.9 Å². The fourth-order valence-corrected chi connectivity index (χ4v) is 1.96. The van der Waals surface area contributed by atoms with Gasteiger partial charge in [0.1, 0.15) is 11.4 Å². The predicted octanol–water partition coefficient (Wildman–Crippen LogP) is 1.09. The SMILES string of the molecule is COC(=O)/C=C1/Nc2cc(Cl)c(OC)cc2C(=O)NC1=O. The van der Waals surface area contributed by atoms with Crippen molar-refractivity contribution in [3.63, 3.8) is 0 Å². The number of rotatable bonds is 2. The zero-order valence-electron chi connectivity index (χ0n) is 11.2. The number of halogens is 1. The third-order valence-corrected chi connectivity index (χ3v) is 3.04. The van der Waals surface area contributed by atoms with Gasteiger partial charge in [0.05, 0.1) is 36.6 Å². The number of methoxy groups -OCH3 is 2. The fourth-order valence-electron chi connectivity index (χ4n) is 1.72.